The Morgan fingerprint density at radius 2 is 2.00 bits per heavy atom. The molecule has 0 aliphatic rings. The van der Waals surface area contributed by atoms with Gasteiger partial charge in [-0.1, -0.05) is 23.2 Å². The first kappa shape index (κ1) is 13.7. The van der Waals surface area contributed by atoms with E-state index in [0.717, 1.165) is 0 Å². The minimum absolute atomic E-state index is 0.00507. The van der Waals surface area contributed by atoms with Gasteiger partial charge in [-0.3, -0.25) is 0 Å². The van der Waals surface area contributed by atoms with Crippen molar-refractivity contribution in [2.24, 2.45) is 0 Å². The fourth-order valence-electron chi connectivity index (χ4n) is 1.50. The van der Waals surface area contributed by atoms with E-state index < -0.39 is 5.82 Å². The van der Waals surface area contributed by atoms with Gasteiger partial charge in [0.15, 0.2) is 0 Å². The predicted molar refractivity (Wildman–Crippen MR) is 64.5 cm³/mol. The van der Waals surface area contributed by atoms with E-state index in [1.165, 1.54) is 12.1 Å². The summed E-state index contributed by atoms with van der Waals surface area (Å²) in [4.78, 5) is 0. The molecule has 0 amide bonds. The molecule has 1 rings (SSSR count). The summed E-state index contributed by atoms with van der Waals surface area (Å²) in [5.74, 6) is -0.494. The van der Waals surface area contributed by atoms with E-state index in [4.69, 9.17) is 28.3 Å². The van der Waals surface area contributed by atoms with Gasteiger partial charge in [-0.2, -0.15) is 0 Å². The van der Waals surface area contributed by atoms with Crippen LogP contribution in [-0.2, 0) is 0 Å². The van der Waals surface area contributed by atoms with Crippen molar-refractivity contribution in [2.45, 2.75) is 25.9 Å². The highest BCUT2D eigenvalue weighted by Gasteiger charge is 2.18. The van der Waals surface area contributed by atoms with Crippen LogP contribution in [0.25, 0.3) is 0 Å². The molecule has 0 aliphatic heterocycles. The summed E-state index contributed by atoms with van der Waals surface area (Å²) in [6.07, 6.45) is 0. The second kappa shape index (κ2) is 5.82. The molecule has 0 saturated carbocycles. The van der Waals surface area contributed by atoms with Gasteiger partial charge < -0.3 is 10.4 Å². The summed E-state index contributed by atoms with van der Waals surface area (Å²) in [5, 5.41) is 12.4. The molecule has 2 unspecified atom stereocenters. The lowest BCUT2D eigenvalue weighted by Crippen LogP contribution is -2.32. The topological polar surface area (TPSA) is 32.3 Å². The first-order valence-electron chi connectivity index (χ1n) is 4.97. The van der Waals surface area contributed by atoms with Gasteiger partial charge in [0.2, 0.25) is 0 Å². The molecule has 2 atom stereocenters. The third-order valence-corrected chi connectivity index (χ3v) is 3.03. The van der Waals surface area contributed by atoms with Crippen molar-refractivity contribution in [1.29, 1.82) is 0 Å². The lowest BCUT2D eigenvalue weighted by molar-refractivity contribution is 0.243. The number of hydrogen-bond donors (Lipinski definition) is 2. The summed E-state index contributed by atoms with van der Waals surface area (Å²) in [7, 11) is 0. The zero-order chi connectivity index (χ0) is 12.3. The predicted octanol–water partition coefficient (Wildman–Crippen LogP) is 3.16. The summed E-state index contributed by atoms with van der Waals surface area (Å²) in [6.45, 7) is 3.63. The Kier molecular flexibility index (Phi) is 4.99. The molecule has 2 N–H and O–H groups in total. The molecule has 1 aromatic carbocycles. The molecule has 2 nitrogen and oxygen atoms in total. The Hall–Kier alpha value is -0.350. The maximum absolute atomic E-state index is 13.3. The van der Waals surface area contributed by atoms with Crippen LogP contribution < -0.4 is 5.32 Å². The Bertz CT molecular complexity index is 373. The van der Waals surface area contributed by atoms with Gasteiger partial charge in [0.05, 0.1) is 11.6 Å². The Balaban J connectivity index is 2.98. The molecule has 0 fully saturated rings. The zero-order valence-electron chi connectivity index (χ0n) is 9.10. The standard InChI is InChI=1S/C11H14Cl2FNO/c1-6(5-16)15-7(2)10-8(12)3-4-9(14)11(10)13/h3-4,6-7,15-16H,5H2,1-2H3. The van der Waals surface area contributed by atoms with Gasteiger partial charge in [-0.05, 0) is 26.0 Å². The highest BCUT2D eigenvalue weighted by Crippen LogP contribution is 2.32. The van der Waals surface area contributed by atoms with Crippen LogP contribution in [0, 0.1) is 5.82 Å². The molecule has 0 bridgehead atoms. The average Bonchev–Trinajstić information content (AvgIpc) is 2.24. The largest absolute Gasteiger partial charge is 0.395 e. The van der Waals surface area contributed by atoms with Crippen molar-refractivity contribution in [2.75, 3.05) is 6.61 Å². The van der Waals surface area contributed by atoms with Crippen molar-refractivity contribution < 1.29 is 9.50 Å². The second-order valence-electron chi connectivity index (χ2n) is 3.73. The second-order valence-corrected chi connectivity index (χ2v) is 4.51. The molecular formula is C11H14Cl2FNO. The molecule has 90 valence electrons. The number of benzene rings is 1. The van der Waals surface area contributed by atoms with E-state index >= 15 is 0 Å². The first-order valence-corrected chi connectivity index (χ1v) is 5.73. The lowest BCUT2D eigenvalue weighted by Gasteiger charge is -2.20. The fourth-order valence-corrected chi connectivity index (χ4v) is 2.20. The van der Waals surface area contributed by atoms with E-state index in [1.54, 1.807) is 0 Å². The smallest absolute Gasteiger partial charge is 0.142 e. The molecular weight excluding hydrogens is 252 g/mol. The number of aliphatic hydroxyl groups excluding tert-OH is 1. The number of hydrogen-bond acceptors (Lipinski definition) is 2. The normalized spacial score (nSPS) is 14.9. The molecule has 0 radical (unpaired) electrons. The van der Waals surface area contributed by atoms with Gasteiger partial charge in [0, 0.05) is 22.7 Å². The molecule has 0 saturated heterocycles. The lowest BCUT2D eigenvalue weighted by atomic mass is 10.1. The minimum Gasteiger partial charge on any atom is -0.395 e. The number of halogens is 3. The van der Waals surface area contributed by atoms with Gasteiger partial charge in [0.25, 0.3) is 0 Å². The zero-order valence-corrected chi connectivity index (χ0v) is 10.6. The van der Waals surface area contributed by atoms with Crippen molar-refractivity contribution in [1.82, 2.24) is 5.32 Å². The van der Waals surface area contributed by atoms with Crippen LogP contribution in [0.15, 0.2) is 12.1 Å². The monoisotopic (exact) mass is 265 g/mol. The van der Waals surface area contributed by atoms with Crippen molar-refractivity contribution in [3.05, 3.63) is 33.6 Å². The van der Waals surface area contributed by atoms with Gasteiger partial charge >= 0.3 is 0 Å². The Morgan fingerprint density at radius 3 is 2.56 bits per heavy atom. The van der Waals surface area contributed by atoms with Crippen LogP contribution in [0.5, 0.6) is 0 Å². The van der Waals surface area contributed by atoms with E-state index in [0.29, 0.717) is 10.6 Å². The number of nitrogens with one attached hydrogen (secondary N) is 1. The van der Waals surface area contributed by atoms with Gasteiger partial charge in [0.1, 0.15) is 5.82 Å². The quantitative estimate of drug-likeness (QED) is 0.820. The maximum atomic E-state index is 13.3. The van der Waals surface area contributed by atoms with Crippen molar-refractivity contribution in [3.63, 3.8) is 0 Å². The summed E-state index contributed by atoms with van der Waals surface area (Å²) in [6, 6.07) is 2.37. The summed E-state index contributed by atoms with van der Waals surface area (Å²) in [5.41, 5.74) is 0.517. The summed E-state index contributed by atoms with van der Waals surface area (Å²) < 4.78 is 13.3. The van der Waals surface area contributed by atoms with Crippen LogP contribution in [0.3, 0.4) is 0 Å². The third kappa shape index (κ3) is 3.08. The minimum atomic E-state index is -0.494. The molecule has 0 aliphatic carbocycles. The molecule has 5 heteroatoms. The Labute approximate surface area is 104 Å². The van der Waals surface area contributed by atoms with Crippen LogP contribution in [0.4, 0.5) is 4.39 Å². The first-order chi connectivity index (χ1) is 7.47. The van der Waals surface area contributed by atoms with E-state index in [9.17, 15) is 4.39 Å². The van der Waals surface area contributed by atoms with Crippen LogP contribution in [0.1, 0.15) is 25.5 Å². The van der Waals surface area contributed by atoms with E-state index in [1.807, 2.05) is 13.8 Å². The Morgan fingerprint density at radius 1 is 1.38 bits per heavy atom. The number of aliphatic hydroxyl groups is 1. The van der Waals surface area contributed by atoms with Crippen molar-refractivity contribution in [3.8, 4) is 0 Å². The van der Waals surface area contributed by atoms with Crippen molar-refractivity contribution >= 4 is 23.2 Å². The average molecular weight is 266 g/mol. The number of rotatable bonds is 4. The molecule has 1 aromatic rings. The maximum Gasteiger partial charge on any atom is 0.142 e. The molecule has 0 spiro atoms. The van der Waals surface area contributed by atoms with E-state index in [2.05, 4.69) is 5.32 Å². The SMILES string of the molecule is CC(CO)NC(C)c1c(Cl)ccc(F)c1Cl. The van der Waals surface area contributed by atoms with E-state index in [-0.39, 0.29) is 23.7 Å². The van der Waals surface area contributed by atoms with Crippen LogP contribution in [0.2, 0.25) is 10.0 Å². The van der Waals surface area contributed by atoms with Gasteiger partial charge in [-0.15, -0.1) is 0 Å². The third-order valence-electron chi connectivity index (χ3n) is 2.32. The highest BCUT2D eigenvalue weighted by atomic mass is 35.5. The summed E-state index contributed by atoms with van der Waals surface area (Å²) >= 11 is 11.8. The molecule has 0 heterocycles. The van der Waals surface area contributed by atoms with Gasteiger partial charge in [-0.25, -0.2) is 4.39 Å². The van der Waals surface area contributed by atoms with Crippen LogP contribution in [-0.4, -0.2) is 17.8 Å². The highest BCUT2D eigenvalue weighted by molar-refractivity contribution is 6.36. The fraction of sp³-hybridized carbons (Fsp3) is 0.455. The molecule has 0 aromatic heterocycles. The molecule has 16 heavy (non-hydrogen) atoms. The van der Waals surface area contributed by atoms with Crippen LogP contribution >= 0.6 is 23.2 Å².